The van der Waals surface area contributed by atoms with E-state index < -0.39 is 0 Å². The third-order valence-electron chi connectivity index (χ3n) is 3.21. The van der Waals surface area contributed by atoms with E-state index in [2.05, 4.69) is 44.1 Å². The maximum Gasteiger partial charge on any atom is 0.0695 e. The molecular formula is C17H22N2. The molecule has 100 valence electrons. The lowest BCUT2D eigenvalue weighted by atomic mass is 9.97. The first-order chi connectivity index (χ1) is 9.06. The molecule has 0 aliphatic heterocycles. The van der Waals surface area contributed by atoms with E-state index in [-0.39, 0.29) is 0 Å². The first-order valence-electron chi connectivity index (χ1n) is 6.28. The second-order valence-corrected chi connectivity index (χ2v) is 4.39. The summed E-state index contributed by atoms with van der Waals surface area (Å²) in [6.07, 6.45) is 3.60. The summed E-state index contributed by atoms with van der Waals surface area (Å²) in [5, 5.41) is 0. The first-order valence-corrected chi connectivity index (χ1v) is 6.28. The molecule has 0 fully saturated rings. The van der Waals surface area contributed by atoms with Gasteiger partial charge in [0.1, 0.15) is 0 Å². The second-order valence-electron chi connectivity index (χ2n) is 4.39. The Labute approximate surface area is 116 Å². The number of nitrogens with zero attached hydrogens (tertiary/aromatic N) is 2. The molecule has 0 bridgehead atoms. The van der Waals surface area contributed by atoms with Gasteiger partial charge in [0.25, 0.3) is 0 Å². The molecule has 1 rings (SSSR count). The van der Waals surface area contributed by atoms with Gasteiger partial charge >= 0.3 is 0 Å². The predicted molar refractivity (Wildman–Crippen MR) is 84.5 cm³/mol. The molecule has 0 aliphatic carbocycles. The van der Waals surface area contributed by atoms with Crippen LogP contribution >= 0.6 is 0 Å². The van der Waals surface area contributed by atoms with Gasteiger partial charge in [-0.05, 0) is 37.3 Å². The molecule has 0 N–H and O–H groups in total. The fraction of sp³-hybridized carbons (Fsp3) is 0.235. The molecule has 0 amide bonds. The highest BCUT2D eigenvalue weighted by atomic mass is 15.1. The molecule has 1 aromatic rings. The zero-order valence-electron chi connectivity index (χ0n) is 12.3. The molecular weight excluding hydrogens is 232 g/mol. The zero-order chi connectivity index (χ0) is 14.4. The van der Waals surface area contributed by atoms with Crippen LogP contribution in [0.3, 0.4) is 0 Å². The van der Waals surface area contributed by atoms with Crippen molar-refractivity contribution >= 4 is 5.71 Å². The van der Waals surface area contributed by atoms with E-state index >= 15 is 0 Å². The molecule has 2 heteroatoms. The summed E-state index contributed by atoms with van der Waals surface area (Å²) in [5.74, 6) is 0. The lowest BCUT2D eigenvalue weighted by Crippen LogP contribution is -2.15. The van der Waals surface area contributed by atoms with Crippen LogP contribution in [0.25, 0.3) is 0 Å². The maximum atomic E-state index is 4.45. The Balaban J connectivity index is 3.40. The summed E-state index contributed by atoms with van der Waals surface area (Å²) in [6.45, 7) is 11.8. The van der Waals surface area contributed by atoms with Gasteiger partial charge in [0, 0.05) is 25.4 Å². The van der Waals surface area contributed by atoms with Crippen LogP contribution in [0.1, 0.15) is 18.1 Å². The van der Waals surface area contributed by atoms with Crippen LogP contribution in [0.2, 0.25) is 0 Å². The number of hydrogen-bond acceptors (Lipinski definition) is 2. The average molecular weight is 254 g/mol. The smallest absolute Gasteiger partial charge is 0.0695 e. The molecule has 0 aliphatic rings. The van der Waals surface area contributed by atoms with E-state index in [1.54, 1.807) is 6.20 Å². The van der Waals surface area contributed by atoms with Crippen molar-refractivity contribution in [3.05, 3.63) is 72.1 Å². The van der Waals surface area contributed by atoms with Crippen LogP contribution in [0, 0.1) is 6.92 Å². The van der Waals surface area contributed by atoms with Crippen molar-refractivity contribution in [2.45, 2.75) is 13.8 Å². The topological polar surface area (TPSA) is 15.6 Å². The molecule has 0 atom stereocenters. The lowest BCUT2D eigenvalue weighted by molar-refractivity contribution is 0.586. The Hall–Kier alpha value is -2.09. The maximum absolute atomic E-state index is 4.45. The van der Waals surface area contributed by atoms with Gasteiger partial charge in [0.15, 0.2) is 0 Å². The molecule has 2 nitrogen and oxygen atoms in total. The first kappa shape index (κ1) is 15.0. The normalized spacial score (nSPS) is 12.7. The van der Waals surface area contributed by atoms with Crippen LogP contribution in [0.15, 0.2) is 66.0 Å². The summed E-state index contributed by atoms with van der Waals surface area (Å²) in [4.78, 5) is 6.40. The number of likely N-dealkylation sites (N-methyl/N-ethyl adjacent to an activating group) is 1. The Morgan fingerprint density at radius 3 is 2.37 bits per heavy atom. The summed E-state index contributed by atoms with van der Waals surface area (Å²) in [6, 6.07) is 8.26. The summed E-state index contributed by atoms with van der Waals surface area (Å²) >= 11 is 0. The van der Waals surface area contributed by atoms with Gasteiger partial charge in [-0.2, -0.15) is 0 Å². The predicted octanol–water partition coefficient (Wildman–Crippen LogP) is 3.95. The van der Waals surface area contributed by atoms with E-state index in [0.717, 1.165) is 22.5 Å². The molecule has 0 saturated heterocycles. The van der Waals surface area contributed by atoms with Gasteiger partial charge in [0.2, 0.25) is 0 Å². The van der Waals surface area contributed by atoms with Crippen molar-refractivity contribution < 1.29 is 0 Å². The van der Waals surface area contributed by atoms with E-state index in [0.29, 0.717) is 0 Å². The highest BCUT2D eigenvalue weighted by Crippen LogP contribution is 2.19. The molecule has 0 heterocycles. The number of aliphatic imine (C=N–C) groups is 1. The van der Waals surface area contributed by atoms with Crippen molar-refractivity contribution in [1.29, 1.82) is 0 Å². The van der Waals surface area contributed by atoms with Gasteiger partial charge in [-0.25, -0.2) is 0 Å². The Bertz CT molecular complexity index is 536. The third kappa shape index (κ3) is 3.22. The minimum atomic E-state index is 0.988. The largest absolute Gasteiger partial charge is 0.351 e. The van der Waals surface area contributed by atoms with Gasteiger partial charge < -0.3 is 4.90 Å². The van der Waals surface area contributed by atoms with E-state index in [4.69, 9.17) is 0 Å². The van der Waals surface area contributed by atoms with Gasteiger partial charge in [-0.3, -0.25) is 4.99 Å². The van der Waals surface area contributed by atoms with Gasteiger partial charge in [0.05, 0.1) is 5.71 Å². The fourth-order valence-corrected chi connectivity index (χ4v) is 2.11. The Morgan fingerprint density at radius 1 is 1.26 bits per heavy atom. The highest BCUT2D eigenvalue weighted by molar-refractivity contribution is 6.13. The van der Waals surface area contributed by atoms with Crippen LogP contribution in [0.4, 0.5) is 0 Å². The Morgan fingerprint density at radius 2 is 1.89 bits per heavy atom. The molecule has 19 heavy (non-hydrogen) atoms. The number of aryl methyl sites for hydroxylation is 1. The molecule has 0 aromatic heterocycles. The molecule has 0 unspecified atom stereocenters. The number of benzene rings is 1. The third-order valence-corrected chi connectivity index (χ3v) is 3.21. The van der Waals surface area contributed by atoms with Crippen molar-refractivity contribution in [3.63, 3.8) is 0 Å². The Kier molecular flexibility index (Phi) is 5.31. The number of hydrogen-bond donors (Lipinski definition) is 0. The monoisotopic (exact) mass is 254 g/mol. The van der Waals surface area contributed by atoms with Crippen LogP contribution < -0.4 is 0 Å². The second kappa shape index (κ2) is 6.74. The minimum Gasteiger partial charge on any atom is -0.351 e. The van der Waals surface area contributed by atoms with Crippen molar-refractivity contribution in [3.8, 4) is 0 Å². The lowest BCUT2D eigenvalue weighted by Gasteiger charge is -2.20. The van der Waals surface area contributed by atoms with Crippen LogP contribution in [-0.2, 0) is 0 Å². The molecule has 1 aromatic carbocycles. The van der Waals surface area contributed by atoms with E-state index in [9.17, 15) is 0 Å². The quantitative estimate of drug-likeness (QED) is 0.574. The molecule has 0 radical (unpaired) electrons. The SMILES string of the molecule is C=C/C(=C(/C)C(=NC)c1ccccc1C)N(C)C=C. The van der Waals surface area contributed by atoms with Gasteiger partial charge in [-0.1, -0.05) is 37.4 Å². The van der Waals surface area contributed by atoms with Crippen molar-refractivity contribution in [2.75, 3.05) is 14.1 Å². The van der Waals surface area contributed by atoms with Crippen molar-refractivity contribution in [1.82, 2.24) is 4.90 Å². The standard InChI is InChI=1S/C17H22N2/c1-7-16(19(6)8-2)14(4)17(18-5)15-12-10-9-11-13(15)3/h7-12H,1-2H2,3-6H3/b16-14+,18-17?. The van der Waals surface area contributed by atoms with Crippen LogP contribution in [-0.4, -0.2) is 24.7 Å². The fourth-order valence-electron chi connectivity index (χ4n) is 2.11. The highest BCUT2D eigenvalue weighted by Gasteiger charge is 2.12. The number of allylic oxidation sites excluding steroid dienone is 2. The number of rotatable bonds is 5. The zero-order valence-corrected chi connectivity index (χ0v) is 12.3. The van der Waals surface area contributed by atoms with E-state index in [1.807, 2.05) is 37.2 Å². The average Bonchev–Trinajstić information content (AvgIpc) is 2.42. The molecule has 0 saturated carbocycles. The van der Waals surface area contributed by atoms with Gasteiger partial charge in [-0.15, -0.1) is 0 Å². The summed E-state index contributed by atoms with van der Waals surface area (Å²) in [7, 11) is 3.78. The molecule has 0 spiro atoms. The van der Waals surface area contributed by atoms with Crippen molar-refractivity contribution in [2.24, 2.45) is 4.99 Å². The minimum absolute atomic E-state index is 0.988. The summed E-state index contributed by atoms with van der Waals surface area (Å²) in [5.41, 5.74) is 5.46. The van der Waals surface area contributed by atoms with E-state index in [1.165, 1.54) is 5.56 Å². The van der Waals surface area contributed by atoms with Crippen LogP contribution in [0.5, 0.6) is 0 Å². The summed E-state index contributed by atoms with van der Waals surface area (Å²) < 4.78 is 0.